The molecule has 2 fully saturated rings. The molecule has 0 N–H and O–H groups in total. The van der Waals surface area contributed by atoms with Crippen LogP contribution in [0.15, 0.2) is 0 Å². The topological polar surface area (TPSA) is 12.5 Å². The minimum Gasteiger partial charge on any atom is -0.377 e. The summed E-state index contributed by atoms with van der Waals surface area (Å²) in [7, 11) is 0. The molecule has 2 rings (SSSR count). The lowest BCUT2D eigenvalue weighted by Gasteiger charge is -2.32. The van der Waals surface area contributed by atoms with E-state index >= 15 is 0 Å². The van der Waals surface area contributed by atoms with E-state index in [1.54, 1.807) is 0 Å². The minimum atomic E-state index is 0.437. The maximum atomic E-state index is 5.94. The van der Waals surface area contributed by atoms with Gasteiger partial charge in [0.05, 0.1) is 12.7 Å². The first-order valence-corrected chi connectivity index (χ1v) is 6.13. The second-order valence-corrected chi connectivity index (χ2v) is 4.95. The van der Waals surface area contributed by atoms with Gasteiger partial charge in [0.2, 0.25) is 0 Å². The van der Waals surface area contributed by atoms with Crippen LogP contribution in [0, 0.1) is 0 Å². The van der Waals surface area contributed by atoms with Crippen LogP contribution in [0.4, 0.5) is 0 Å². The van der Waals surface area contributed by atoms with Crippen molar-refractivity contribution < 1.29 is 4.74 Å². The number of nitrogens with zero attached hydrogens (tertiary/aromatic N) is 1. The molecule has 2 heterocycles. The van der Waals surface area contributed by atoms with Gasteiger partial charge in [-0.05, 0) is 52.1 Å². The number of rotatable bonds is 4. The summed E-state index contributed by atoms with van der Waals surface area (Å²) in [5.41, 5.74) is 0.448. The van der Waals surface area contributed by atoms with E-state index in [1.165, 1.54) is 38.8 Å². The van der Waals surface area contributed by atoms with Crippen LogP contribution in [0.3, 0.4) is 0 Å². The van der Waals surface area contributed by atoms with Gasteiger partial charge in [-0.25, -0.2) is 0 Å². The molecule has 1 atom stereocenters. The first-order chi connectivity index (χ1) is 6.77. The third-order valence-electron chi connectivity index (χ3n) is 4.02. The smallest absolute Gasteiger partial charge is 0.0654 e. The highest BCUT2D eigenvalue weighted by Gasteiger charge is 2.44. The summed E-state index contributed by atoms with van der Waals surface area (Å²) >= 11 is 0. The van der Waals surface area contributed by atoms with E-state index in [4.69, 9.17) is 4.74 Å². The maximum Gasteiger partial charge on any atom is 0.0654 e. The van der Waals surface area contributed by atoms with Gasteiger partial charge in [-0.15, -0.1) is 0 Å². The van der Waals surface area contributed by atoms with Crippen molar-refractivity contribution in [2.24, 2.45) is 0 Å². The zero-order valence-electron chi connectivity index (χ0n) is 9.59. The highest BCUT2D eigenvalue weighted by atomic mass is 16.5. The largest absolute Gasteiger partial charge is 0.377 e. The van der Waals surface area contributed by atoms with E-state index in [0.717, 1.165) is 13.0 Å². The van der Waals surface area contributed by atoms with Gasteiger partial charge in [-0.3, -0.25) is 4.90 Å². The highest BCUT2D eigenvalue weighted by Crippen LogP contribution is 2.39. The van der Waals surface area contributed by atoms with Crippen molar-refractivity contribution in [1.82, 2.24) is 4.90 Å². The molecule has 82 valence electrons. The van der Waals surface area contributed by atoms with Crippen LogP contribution in [0.2, 0.25) is 0 Å². The minimum absolute atomic E-state index is 0.437. The number of fused-ring (bicyclic) bond motifs is 1. The average Bonchev–Trinajstić information content (AvgIpc) is 2.72. The molecule has 0 aromatic carbocycles. The summed E-state index contributed by atoms with van der Waals surface area (Å²) in [6.45, 7) is 7.98. The van der Waals surface area contributed by atoms with E-state index < -0.39 is 0 Å². The van der Waals surface area contributed by atoms with Crippen molar-refractivity contribution in [2.75, 3.05) is 19.7 Å². The van der Waals surface area contributed by atoms with Gasteiger partial charge in [-0.2, -0.15) is 0 Å². The molecule has 2 aliphatic heterocycles. The molecule has 2 nitrogen and oxygen atoms in total. The molecule has 0 radical (unpaired) electrons. The Balaban J connectivity index is 1.88. The van der Waals surface area contributed by atoms with Gasteiger partial charge in [0.25, 0.3) is 0 Å². The Morgan fingerprint density at radius 2 is 1.93 bits per heavy atom. The standard InChI is InChI=1S/C12H23NO/c1-3-11(2)14-10-12-6-4-8-13(12)9-5-7-12/h11H,3-10H2,1-2H3. The molecule has 0 aromatic rings. The van der Waals surface area contributed by atoms with Gasteiger partial charge < -0.3 is 4.74 Å². The van der Waals surface area contributed by atoms with Gasteiger partial charge in [-0.1, -0.05) is 6.92 Å². The first-order valence-electron chi connectivity index (χ1n) is 6.13. The Labute approximate surface area is 87.6 Å². The van der Waals surface area contributed by atoms with Crippen LogP contribution in [-0.2, 0) is 4.74 Å². The van der Waals surface area contributed by atoms with Crippen LogP contribution in [-0.4, -0.2) is 36.2 Å². The fraction of sp³-hybridized carbons (Fsp3) is 1.00. The van der Waals surface area contributed by atoms with Crippen LogP contribution in [0.25, 0.3) is 0 Å². The van der Waals surface area contributed by atoms with Crippen LogP contribution >= 0.6 is 0 Å². The van der Waals surface area contributed by atoms with Crippen LogP contribution in [0.5, 0.6) is 0 Å². The maximum absolute atomic E-state index is 5.94. The van der Waals surface area contributed by atoms with Crippen molar-refractivity contribution in [1.29, 1.82) is 0 Å². The van der Waals surface area contributed by atoms with Gasteiger partial charge in [0.1, 0.15) is 0 Å². The monoisotopic (exact) mass is 197 g/mol. The molecule has 2 aliphatic rings. The molecular weight excluding hydrogens is 174 g/mol. The molecule has 14 heavy (non-hydrogen) atoms. The van der Waals surface area contributed by atoms with Crippen molar-refractivity contribution in [3.05, 3.63) is 0 Å². The predicted molar refractivity (Wildman–Crippen MR) is 58.5 cm³/mol. The zero-order valence-corrected chi connectivity index (χ0v) is 9.59. The average molecular weight is 197 g/mol. The van der Waals surface area contributed by atoms with E-state index in [2.05, 4.69) is 18.7 Å². The SMILES string of the molecule is CCC(C)OCC12CCCN1CCC2. The molecule has 0 spiro atoms. The Bertz CT molecular complexity index is 183. The van der Waals surface area contributed by atoms with Crippen molar-refractivity contribution in [2.45, 2.75) is 57.6 Å². The predicted octanol–water partition coefficient (Wildman–Crippen LogP) is 2.43. The van der Waals surface area contributed by atoms with Gasteiger partial charge >= 0.3 is 0 Å². The van der Waals surface area contributed by atoms with E-state index in [1.807, 2.05) is 0 Å². The van der Waals surface area contributed by atoms with Crippen LogP contribution < -0.4 is 0 Å². The molecule has 0 aromatic heterocycles. The Hall–Kier alpha value is -0.0800. The third kappa shape index (κ3) is 1.82. The zero-order chi connectivity index (χ0) is 10.0. The van der Waals surface area contributed by atoms with Crippen LogP contribution in [0.1, 0.15) is 46.0 Å². The Morgan fingerprint density at radius 1 is 1.29 bits per heavy atom. The number of hydrogen-bond donors (Lipinski definition) is 0. The van der Waals surface area contributed by atoms with E-state index in [0.29, 0.717) is 11.6 Å². The summed E-state index contributed by atoms with van der Waals surface area (Å²) in [6, 6.07) is 0. The lowest BCUT2D eigenvalue weighted by molar-refractivity contribution is -0.00576. The summed E-state index contributed by atoms with van der Waals surface area (Å²) in [5, 5.41) is 0. The molecule has 0 saturated carbocycles. The van der Waals surface area contributed by atoms with Gasteiger partial charge in [0, 0.05) is 5.54 Å². The Kier molecular flexibility index (Phi) is 3.13. The van der Waals surface area contributed by atoms with E-state index in [-0.39, 0.29) is 0 Å². The quantitative estimate of drug-likeness (QED) is 0.686. The van der Waals surface area contributed by atoms with Crippen molar-refractivity contribution in [3.8, 4) is 0 Å². The second-order valence-electron chi connectivity index (χ2n) is 4.95. The molecule has 0 bridgehead atoms. The Morgan fingerprint density at radius 3 is 2.50 bits per heavy atom. The summed E-state index contributed by atoms with van der Waals surface area (Å²) in [5.74, 6) is 0. The highest BCUT2D eigenvalue weighted by molar-refractivity contribution is 5.00. The molecule has 2 heteroatoms. The summed E-state index contributed by atoms with van der Waals surface area (Å²) in [4.78, 5) is 2.66. The fourth-order valence-electron chi connectivity index (χ4n) is 2.88. The lowest BCUT2D eigenvalue weighted by Crippen LogP contribution is -2.43. The number of hydrogen-bond acceptors (Lipinski definition) is 2. The normalized spacial score (nSPS) is 27.9. The number of ether oxygens (including phenoxy) is 1. The lowest BCUT2D eigenvalue weighted by atomic mass is 9.95. The summed E-state index contributed by atoms with van der Waals surface area (Å²) in [6.07, 6.45) is 7.06. The third-order valence-corrected chi connectivity index (χ3v) is 4.02. The van der Waals surface area contributed by atoms with Crippen molar-refractivity contribution >= 4 is 0 Å². The first kappa shape index (κ1) is 10.4. The van der Waals surface area contributed by atoms with Gasteiger partial charge in [0.15, 0.2) is 0 Å². The molecule has 2 saturated heterocycles. The summed E-state index contributed by atoms with van der Waals surface area (Å²) < 4.78 is 5.94. The molecular formula is C12H23NO. The van der Waals surface area contributed by atoms with Crippen molar-refractivity contribution in [3.63, 3.8) is 0 Å². The molecule has 0 amide bonds. The molecule has 0 aliphatic carbocycles. The molecule has 1 unspecified atom stereocenters. The second kappa shape index (κ2) is 4.19. The fourth-order valence-corrected chi connectivity index (χ4v) is 2.88. The van der Waals surface area contributed by atoms with E-state index in [9.17, 15) is 0 Å².